The summed E-state index contributed by atoms with van der Waals surface area (Å²) >= 11 is 0. The Morgan fingerprint density at radius 3 is 2.25 bits per heavy atom. The predicted molar refractivity (Wildman–Crippen MR) is 142 cm³/mol. The zero-order valence-electron chi connectivity index (χ0n) is 20.6. The summed E-state index contributed by atoms with van der Waals surface area (Å²) in [5, 5.41) is 2.80. The van der Waals surface area contributed by atoms with E-state index in [2.05, 4.69) is 5.32 Å². The lowest BCUT2D eigenvalue weighted by molar-refractivity contribution is -0.114. The third-order valence-electron chi connectivity index (χ3n) is 6.54. The number of anilines is 2. The number of sulfonamides is 1. The number of hydrogen-bond donors (Lipinski definition) is 1. The molecule has 36 heavy (non-hydrogen) atoms. The van der Waals surface area contributed by atoms with Crippen LogP contribution in [0, 0.1) is 13.8 Å². The third kappa shape index (κ3) is 5.44. The van der Waals surface area contributed by atoms with E-state index in [1.54, 1.807) is 59.5 Å². The van der Waals surface area contributed by atoms with Gasteiger partial charge in [0.2, 0.25) is 5.91 Å². The van der Waals surface area contributed by atoms with Gasteiger partial charge in [0.15, 0.2) is 0 Å². The molecule has 4 rings (SSSR count). The normalized spacial score (nSPS) is 13.8. The highest BCUT2D eigenvalue weighted by atomic mass is 32.2. The lowest BCUT2D eigenvalue weighted by Gasteiger charge is -2.28. The Bertz CT molecular complexity index is 1350. The molecule has 1 aliphatic heterocycles. The number of rotatable bonds is 7. The van der Waals surface area contributed by atoms with Crippen molar-refractivity contribution in [1.29, 1.82) is 0 Å². The lowest BCUT2D eigenvalue weighted by Crippen LogP contribution is -2.39. The molecule has 7 nitrogen and oxygen atoms in total. The van der Waals surface area contributed by atoms with Crippen LogP contribution in [0.5, 0.6) is 0 Å². The van der Waals surface area contributed by atoms with Gasteiger partial charge >= 0.3 is 0 Å². The van der Waals surface area contributed by atoms with Crippen LogP contribution in [0.1, 0.15) is 40.7 Å². The van der Waals surface area contributed by atoms with Crippen LogP contribution in [-0.4, -0.2) is 44.8 Å². The molecule has 0 aromatic heterocycles. The molecule has 3 aromatic rings. The number of likely N-dealkylation sites (tertiary alicyclic amines) is 1. The van der Waals surface area contributed by atoms with Crippen molar-refractivity contribution in [2.24, 2.45) is 0 Å². The first-order valence-electron chi connectivity index (χ1n) is 12.1. The van der Waals surface area contributed by atoms with Gasteiger partial charge < -0.3 is 10.2 Å². The first kappa shape index (κ1) is 25.4. The van der Waals surface area contributed by atoms with Gasteiger partial charge in [0.25, 0.3) is 15.9 Å². The van der Waals surface area contributed by atoms with E-state index in [9.17, 15) is 18.0 Å². The third-order valence-corrected chi connectivity index (χ3v) is 8.31. The van der Waals surface area contributed by atoms with Crippen LogP contribution in [-0.2, 0) is 14.8 Å². The molecule has 0 radical (unpaired) electrons. The van der Waals surface area contributed by atoms with Gasteiger partial charge in [-0.3, -0.25) is 13.9 Å². The first-order valence-corrected chi connectivity index (χ1v) is 13.5. The molecule has 1 aliphatic rings. The van der Waals surface area contributed by atoms with Gasteiger partial charge in [-0.15, -0.1) is 0 Å². The highest BCUT2D eigenvalue weighted by molar-refractivity contribution is 7.92. The number of amides is 2. The standard InChI is InChI=1S/C28H31N3O4S/c1-21-12-11-17-26(22(21)2)31(36(34,35)23-13-5-3-6-14-23)20-27(32)29-25-16-8-7-15-24(25)28(33)30-18-9-4-10-19-30/h3,5-8,11-17H,4,9-10,18-20H2,1-2H3,(H,29,32). The van der Waals surface area contributed by atoms with Crippen molar-refractivity contribution >= 4 is 33.2 Å². The quantitative estimate of drug-likeness (QED) is 0.501. The Morgan fingerprint density at radius 2 is 1.53 bits per heavy atom. The topological polar surface area (TPSA) is 86.8 Å². The Kier molecular flexibility index (Phi) is 7.74. The van der Waals surface area contributed by atoms with Crippen LogP contribution in [0.15, 0.2) is 77.7 Å². The molecule has 1 heterocycles. The van der Waals surface area contributed by atoms with Crippen molar-refractivity contribution < 1.29 is 18.0 Å². The van der Waals surface area contributed by atoms with Crippen LogP contribution in [0.3, 0.4) is 0 Å². The number of hydrogen-bond acceptors (Lipinski definition) is 4. The zero-order chi connectivity index (χ0) is 25.7. The maximum absolute atomic E-state index is 13.7. The average Bonchev–Trinajstić information content (AvgIpc) is 2.90. The molecule has 0 saturated carbocycles. The van der Waals surface area contributed by atoms with Gasteiger partial charge in [0.05, 0.1) is 21.8 Å². The summed E-state index contributed by atoms with van der Waals surface area (Å²) in [5.41, 5.74) is 2.89. The summed E-state index contributed by atoms with van der Waals surface area (Å²) < 4.78 is 28.4. The number of benzene rings is 3. The maximum atomic E-state index is 13.7. The van der Waals surface area contributed by atoms with Crippen molar-refractivity contribution in [2.45, 2.75) is 38.0 Å². The van der Waals surface area contributed by atoms with Crippen LogP contribution in [0.4, 0.5) is 11.4 Å². The smallest absolute Gasteiger partial charge is 0.264 e. The van der Waals surface area contributed by atoms with E-state index in [1.165, 1.54) is 12.1 Å². The second-order valence-corrected chi connectivity index (χ2v) is 10.9. The van der Waals surface area contributed by atoms with Crippen LogP contribution in [0.25, 0.3) is 0 Å². The number of para-hydroxylation sites is 1. The number of carbonyl (C=O) groups excluding carboxylic acids is 2. The minimum absolute atomic E-state index is 0.0967. The fraction of sp³-hybridized carbons (Fsp3) is 0.286. The van der Waals surface area contributed by atoms with Gasteiger partial charge in [-0.05, 0) is 74.6 Å². The Morgan fingerprint density at radius 1 is 0.861 bits per heavy atom. The molecule has 0 spiro atoms. The van der Waals surface area contributed by atoms with E-state index in [0.29, 0.717) is 30.0 Å². The Hall–Kier alpha value is -3.65. The molecule has 0 aliphatic carbocycles. The summed E-state index contributed by atoms with van der Waals surface area (Å²) in [7, 11) is -4.03. The van der Waals surface area contributed by atoms with E-state index >= 15 is 0 Å². The number of carbonyl (C=O) groups is 2. The monoisotopic (exact) mass is 505 g/mol. The SMILES string of the molecule is Cc1cccc(N(CC(=O)Nc2ccccc2C(=O)N2CCCCC2)S(=O)(=O)c2ccccc2)c1C. The highest BCUT2D eigenvalue weighted by Crippen LogP contribution is 2.29. The van der Waals surface area contributed by atoms with Crippen LogP contribution < -0.4 is 9.62 Å². The molecule has 8 heteroatoms. The molecule has 188 valence electrons. The Labute approximate surface area is 212 Å². The summed E-state index contributed by atoms with van der Waals surface area (Å²) in [4.78, 5) is 28.3. The number of aryl methyl sites for hydroxylation is 1. The van der Waals surface area contributed by atoms with E-state index in [0.717, 1.165) is 34.7 Å². The van der Waals surface area contributed by atoms with Crippen molar-refractivity contribution in [1.82, 2.24) is 4.90 Å². The van der Waals surface area contributed by atoms with Crippen molar-refractivity contribution in [3.63, 3.8) is 0 Å². The van der Waals surface area contributed by atoms with Crippen molar-refractivity contribution in [3.05, 3.63) is 89.5 Å². The van der Waals surface area contributed by atoms with E-state index < -0.39 is 22.5 Å². The number of piperidine rings is 1. The van der Waals surface area contributed by atoms with E-state index in [1.807, 2.05) is 19.9 Å². The van der Waals surface area contributed by atoms with Crippen LogP contribution in [0.2, 0.25) is 0 Å². The minimum atomic E-state index is -4.03. The molecular formula is C28H31N3O4S. The maximum Gasteiger partial charge on any atom is 0.264 e. The molecule has 0 atom stereocenters. The van der Waals surface area contributed by atoms with Gasteiger partial charge in [-0.25, -0.2) is 8.42 Å². The summed E-state index contributed by atoms with van der Waals surface area (Å²) in [6.45, 7) is 4.68. The Balaban J connectivity index is 1.64. The number of nitrogens with zero attached hydrogens (tertiary/aromatic N) is 2. The predicted octanol–water partition coefficient (Wildman–Crippen LogP) is 4.76. The first-order chi connectivity index (χ1) is 17.3. The van der Waals surface area contributed by atoms with Gasteiger partial charge in [0, 0.05) is 13.1 Å². The largest absolute Gasteiger partial charge is 0.339 e. The van der Waals surface area contributed by atoms with E-state index in [4.69, 9.17) is 0 Å². The molecule has 1 fully saturated rings. The highest BCUT2D eigenvalue weighted by Gasteiger charge is 2.29. The zero-order valence-corrected chi connectivity index (χ0v) is 21.4. The molecular weight excluding hydrogens is 474 g/mol. The molecule has 3 aromatic carbocycles. The van der Waals surface area contributed by atoms with Gasteiger partial charge in [-0.2, -0.15) is 0 Å². The molecule has 2 amide bonds. The van der Waals surface area contributed by atoms with Crippen molar-refractivity contribution in [3.8, 4) is 0 Å². The van der Waals surface area contributed by atoms with Crippen LogP contribution >= 0.6 is 0 Å². The second kappa shape index (κ2) is 11.0. The van der Waals surface area contributed by atoms with Gasteiger partial charge in [-0.1, -0.05) is 42.5 Å². The number of nitrogens with one attached hydrogen (secondary N) is 1. The lowest BCUT2D eigenvalue weighted by atomic mass is 10.1. The molecule has 1 saturated heterocycles. The van der Waals surface area contributed by atoms with E-state index in [-0.39, 0.29) is 10.8 Å². The average molecular weight is 506 g/mol. The summed E-state index contributed by atoms with van der Waals surface area (Å²) in [6.07, 6.45) is 3.02. The minimum Gasteiger partial charge on any atom is -0.339 e. The second-order valence-electron chi connectivity index (χ2n) is 8.99. The van der Waals surface area contributed by atoms with Crippen molar-refractivity contribution in [2.75, 3.05) is 29.3 Å². The molecule has 0 unspecified atom stereocenters. The fourth-order valence-corrected chi connectivity index (χ4v) is 5.89. The van der Waals surface area contributed by atoms with Gasteiger partial charge in [0.1, 0.15) is 6.54 Å². The molecule has 1 N–H and O–H groups in total. The fourth-order valence-electron chi connectivity index (χ4n) is 4.39. The summed E-state index contributed by atoms with van der Waals surface area (Å²) in [6, 6.07) is 20.3. The summed E-state index contributed by atoms with van der Waals surface area (Å²) in [5.74, 6) is -0.664. The molecule has 0 bridgehead atoms.